The molecule has 0 bridgehead atoms. The topological polar surface area (TPSA) is 41.1 Å². The minimum absolute atomic E-state index is 0.00933. The number of fused-ring (bicyclic) bond motifs is 1. The zero-order valence-electron chi connectivity index (χ0n) is 11.5. The third-order valence-corrected chi connectivity index (χ3v) is 3.72. The fourth-order valence-corrected chi connectivity index (χ4v) is 2.55. The first-order valence-electron chi connectivity index (χ1n) is 6.96. The molecule has 0 spiro atoms. The predicted molar refractivity (Wildman–Crippen MR) is 81.0 cm³/mol. The van der Waals surface area contributed by atoms with Crippen molar-refractivity contribution in [3.05, 3.63) is 65.2 Å². The van der Waals surface area contributed by atoms with Crippen molar-refractivity contribution >= 4 is 11.6 Å². The van der Waals surface area contributed by atoms with Crippen LogP contribution < -0.4 is 10.6 Å². The van der Waals surface area contributed by atoms with E-state index in [1.165, 1.54) is 5.56 Å². The molecule has 2 aromatic rings. The lowest BCUT2D eigenvalue weighted by Gasteiger charge is -2.14. The molecule has 1 amide bonds. The summed E-state index contributed by atoms with van der Waals surface area (Å²) in [5.74, 6) is -0.0175. The second kappa shape index (κ2) is 5.37. The van der Waals surface area contributed by atoms with Crippen LogP contribution in [0.1, 0.15) is 34.5 Å². The highest BCUT2D eigenvalue weighted by molar-refractivity contribution is 5.95. The smallest absolute Gasteiger partial charge is 0.251 e. The number of hydrogen-bond donors (Lipinski definition) is 2. The van der Waals surface area contributed by atoms with E-state index >= 15 is 0 Å². The van der Waals surface area contributed by atoms with E-state index in [2.05, 4.69) is 10.6 Å². The summed E-state index contributed by atoms with van der Waals surface area (Å²) >= 11 is 0. The Labute approximate surface area is 119 Å². The summed E-state index contributed by atoms with van der Waals surface area (Å²) in [6, 6.07) is 15.9. The summed E-state index contributed by atoms with van der Waals surface area (Å²) in [6.07, 6.45) is 0.991. The van der Waals surface area contributed by atoms with Gasteiger partial charge < -0.3 is 10.6 Å². The van der Waals surface area contributed by atoms with Crippen molar-refractivity contribution in [2.45, 2.75) is 19.4 Å². The van der Waals surface area contributed by atoms with Crippen LogP contribution in [0.5, 0.6) is 0 Å². The normalized spacial score (nSPS) is 14.2. The molecule has 1 atom stereocenters. The van der Waals surface area contributed by atoms with Crippen LogP contribution in [0, 0.1) is 0 Å². The van der Waals surface area contributed by atoms with E-state index in [9.17, 15) is 4.79 Å². The van der Waals surface area contributed by atoms with E-state index in [0.29, 0.717) is 0 Å². The first-order valence-corrected chi connectivity index (χ1v) is 6.96. The maximum Gasteiger partial charge on any atom is 0.251 e. The molecular weight excluding hydrogens is 248 g/mol. The van der Waals surface area contributed by atoms with Gasteiger partial charge in [0.2, 0.25) is 0 Å². The molecule has 102 valence electrons. The molecule has 0 unspecified atom stereocenters. The van der Waals surface area contributed by atoms with Gasteiger partial charge in [-0.05, 0) is 42.7 Å². The summed E-state index contributed by atoms with van der Waals surface area (Å²) in [4.78, 5) is 12.3. The van der Waals surface area contributed by atoms with Crippen molar-refractivity contribution in [3.8, 4) is 0 Å². The first kappa shape index (κ1) is 12.7. The summed E-state index contributed by atoms with van der Waals surface area (Å²) in [7, 11) is 0. The lowest BCUT2D eigenvalue weighted by molar-refractivity contribution is 0.0940. The number of nitrogens with one attached hydrogen (secondary N) is 2. The van der Waals surface area contributed by atoms with Gasteiger partial charge in [0.1, 0.15) is 0 Å². The van der Waals surface area contributed by atoms with Crippen LogP contribution in [-0.4, -0.2) is 12.5 Å². The number of rotatable bonds is 3. The molecule has 0 aliphatic carbocycles. The lowest BCUT2D eigenvalue weighted by atomic mass is 10.1. The van der Waals surface area contributed by atoms with Crippen LogP contribution in [0.2, 0.25) is 0 Å². The fourth-order valence-electron chi connectivity index (χ4n) is 2.55. The minimum atomic E-state index is -0.0175. The van der Waals surface area contributed by atoms with Gasteiger partial charge in [-0.25, -0.2) is 0 Å². The second-order valence-corrected chi connectivity index (χ2v) is 5.15. The highest BCUT2D eigenvalue weighted by Crippen LogP contribution is 2.23. The zero-order valence-corrected chi connectivity index (χ0v) is 11.5. The molecule has 3 nitrogen and oxygen atoms in total. The van der Waals surface area contributed by atoms with Crippen molar-refractivity contribution in [2.75, 3.05) is 11.9 Å². The van der Waals surface area contributed by atoms with E-state index in [-0.39, 0.29) is 11.9 Å². The molecule has 0 radical (unpaired) electrons. The Bertz CT molecular complexity index is 622. The molecule has 3 rings (SSSR count). The standard InChI is InChI=1S/C17H18N2O/c1-12(13-5-3-2-4-6-13)19-17(20)15-7-8-16-14(11-15)9-10-18-16/h2-8,11-12,18H,9-10H2,1H3,(H,19,20)/t12-/m1/s1. The quantitative estimate of drug-likeness (QED) is 0.896. The summed E-state index contributed by atoms with van der Waals surface area (Å²) in [5.41, 5.74) is 4.22. The van der Waals surface area contributed by atoms with Crippen molar-refractivity contribution in [2.24, 2.45) is 0 Å². The molecule has 2 aromatic carbocycles. The summed E-state index contributed by atoms with van der Waals surface area (Å²) < 4.78 is 0. The number of carbonyl (C=O) groups excluding carboxylic acids is 1. The Morgan fingerprint density at radius 3 is 2.80 bits per heavy atom. The highest BCUT2D eigenvalue weighted by atomic mass is 16.1. The van der Waals surface area contributed by atoms with Gasteiger partial charge in [-0.1, -0.05) is 30.3 Å². The Hall–Kier alpha value is -2.29. The van der Waals surface area contributed by atoms with Crippen molar-refractivity contribution < 1.29 is 4.79 Å². The Morgan fingerprint density at radius 1 is 1.20 bits per heavy atom. The third kappa shape index (κ3) is 2.52. The van der Waals surface area contributed by atoms with E-state index in [4.69, 9.17) is 0 Å². The Morgan fingerprint density at radius 2 is 2.00 bits per heavy atom. The number of hydrogen-bond acceptors (Lipinski definition) is 2. The van der Waals surface area contributed by atoms with Gasteiger partial charge in [-0.3, -0.25) is 4.79 Å². The van der Waals surface area contributed by atoms with E-state index < -0.39 is 0 Å². The maximum atomic E-state index is 12.3. The van der Waals surface area contributed by atoms with Crippen molar-refractivity contribution in [1.29, 1.82) is 0 Å². The summed E-state index contributed by atoms with van der Waals surface area (Å²) in [5, 5.41) is 6.35. The van der Waals surface area contributed by atoms with Crippen molar-refractivity contribution in [1.82, 2.24) is 5.32 Å². The number of carbonyl (C=O) groups is 1. The van der Waals surface area contributed by atoms with Gasteiger partial charge in [0.25, 0.3) is 5.91 Å². The number of benzene rings is 2. The van der Waals surface area contributed by atoms with Crippen LogP contribution in [0.3, 0.4) is 0 Å². The zero-order chi connectivity index (χ0) is 13.9. The van der Waals surface area contributed by atoms with Crippen LogP contribution in [-0.2, 0) is 6.42 Å². The van der Waals surface area contributed by atoms with E-state index in [1.54, 1.807) is 0 Å². The predicted octanol–water partition coefficient (Wildman–Crippen LogP) is 3.15. The fraction of sp³-hybridized carbons (Fsp3) is 0.235. The maximum absolute atomic E-state index is 12.3. The molecule has 20 heavy (non-hydrogen) atoms. The third-order valence-electron chi connectivity index (χ3n) is 3.72. The number of amides is 1. The molecule has 1 aliphatic rings. The lowest BCUT2D eigenvalue weighted by Crippen LogP contribution is -2.26. The van der Waals surface area contributed by atoms with Gasteiger partial charge >= 0.3 is 0 Å². The van der Waals surface area contributed by atoms with Gasteiger partial charge in [-0.2, -0.15) is 0 Å². The van der Waals surface area contributed by atoms with Gasteiger partial charge in [0.15, 0.2) is 0 Å². The first-order chi connectivity index (χ1) is 9.74. The van der Waals surface area contributed by atoms with E-state index in [1.807, 2.05) is 55.5 Å². The highest BCUT2D eigenvalue weighted by Gasteiger charge is 2.15. The Balaban J connectivity index is 1.73. The van der Waals surface area contributed by atoms with Gasteiger partial charge in [0, 0.05) is 17.8 Å². The molecule has 0 saturated carbocycles. The van der Waals surface area contributed by atoms with Crippen LogP contribution in [0.15, 0.2) is 48.5 Å². The average Bonchev–Trinajstić information content (AvgIpc) is 2.95. The number of anilines is 1. The van der Waals surface area contributed by atoms with Crippen LogP contribution in [0.25, 0.3) is 0 Å². The van der Waals surface area contributed by atoms with Crippen molar-refractivity contribution in [3.63, 3.8) is 0 Å². The molecule has 3 heteroatoms. The molecular formula is C17H18N2O. The molecule has 2 N–H and O–H groups in total. The molecule has 0 aromatic heterocycles. The van der Waals surface area contributed by atoms with Gasteiger partial charge in [0.05, 0.1) is 6.04 Å². The molecule has 1 aliphatic heterocycles. The monoisotopic (exact) mass is 266 g/mol. The average molecular weight is 266 g/mol. The molecule has 0 saturated heterocycles. The SMILES string of the molecule is C[C@@H](NC(=O)c1ccc2c(c1)CCN2)c1ccccc1. The summed E-state index contributed by atoms with van der Waals surface area (Å²) in [6.45, 7) is 2.96. The molecule has 0 fully saturated rings. The molecule has 1 heterocycles. The minimum Gasteiger partial charge on any atom is -0.384 e. The Kier molecular flexibility index (Phi) is 3.42. The second-order valence-electron chi connectivity index (χ2n) is 5.15. The van der Waals surface area contributed by atoms with Crippen LogP contribution in [0.4, 0.5) is 5.69 Å². The van der Waals surface area contributed by atoms with E-state index in [0.717, 1.165) is 29.8 Å². The van der Waals surface area contributed by atoms with Crippen LogP contribution >= 0.6 is 0 Å². The van der Waals surface area contributed by atoms with Gasteiger partial charge in [-0.15, -0.1) is 0 Å². The largest absolute Gasteiger partial charge is 0.384 e.